The normalized spacial score (nSPS) is 31.7. The fourth-order valence-corrected chi connectivity index (χ4v) is 3.75. The van der Waals surface area contributed by atoms with Gasteiger partial charge in [-0.05, 0) is 42.5 Å². The van der Waals surface area contributed by atoms with Crippen LogP contribution in [0.25, 0.3) is 0 Å². The van der Waals surface area contributed by atoms with Crippen LogP contribution >= 0.6 is 0 Å². The van der Waals surface area contributed by atoms with Gasteiger partial charge in [0.1, 0.15) is 11.5 Å². The molecule has 0 saturated heterocycles. The number of rotatable bonds is 3. The van der Waals surface area contributed by atoms with Gasteiger partial charge < -0.3 is 4.74 Å². The van der Waals surface area contributed by atoms with Crippen molar-refractivity contribution >= 4 is 17.2 Å². The minimum Gasteiger partial charge on any atom is -0.497 e. The van der Waals surface area contributed by atoms with Crippen molar-refractivity contribution in [2.45, 2.75) is 33.6 Å². The van der Waals surface area contributed by atoms with Crippen molar-refractivity contribution in [2.24, 2.45) is 21.8 Å². The number of hydrogen-bond donors (Lipinski definition) is 1. The highest BCUT2D eigenvalue weighted by atomic mass is 16.5. The Balaban J connectivity index is 1.83. The Kier molecular flexibility index (Phi) is 3.08. The molecule has 2 unspecified atom stereocenters. The van der Waals surface area contributed by atoms with Crippen LogP contribution in [-0.2, 0) is 4.79 Å². The number of Topliss-reactive ketones (excluding diaryl/α,β-unsaturated/α-hetero) is 1. The van der Waals surface area contributed by atoms with Crippen LogP contribution < -0.4 is 10.2 Å². The Morgan fingerprint density at radius 1 is 1.24 bits per heavy atom. The zero-order valence-electron chi connectivity index (χ0n) is 13.1. The molecule has 1 N–H and O–H groups in total. The zero-order valence-corrected chi connectivity index (χ0v) is 13.1. The molecule has 4 nitrogen and oxygen atoms in total. The number of ether oxygens (including phenoxy) is 1. The fraction of sp³-hybridized carbons (Fsp3) is 0.529. The number of methoxy groups -OCH3 is 1. The van der Waals surface area contributed by atoms with Crippen molar-refractivity contribution in [3.8, 4) is 5.75 Å². The van der Waals surface area contributed by atoms with Gasteiger partial charge in [-0.15, -0.1) is 0 Å². The van der Waals surface area contributed by atoms with Crippen LogP contribution in [0.3, 0.4) is 0 Å². The average Bonchev–Trinajstić information content (AvgIpc) is 2.78. The molecule has 4 heteroatoms. The highest BCUT2D eigenvalue weighted by molar-refractivity contribution is 6.45. The molecule has 112 valence electrons. The summed E-state index contributed by atoms with van der Waals surface area (Å²) in [6.45, 7) is 6.47. The standard InChI is InChI=1S/C17H22N2O2/c1-16(2)13-9-10-17(16,3)15(20)14(13)19-18-11-5-7-12(21-4)8-6-11/h5-8,13,18H,9-10H2,1-4H3/b19-14+. The molecule has 3 rings (SSSR count). The molecule has 0 aromatic heterocycles. The molecule has 0 heterocycles. The van der Waals surface area contributed by atoms with Crippen LogP contribution in [0.4, 0.5) is 5.69 Å². The Morgan fingerprint density at radius 2 is 1.90 bits per heavy atom. The van der Waals surface area contributed by atoms with Gasteiger partial charge in [0, 0.05) is 11.3 Å². The SMILES string of the molecule is COc1ccc(N/N=C2/C(=O)C3(C)CCC2C3(C)C)cc1. The smallest absolute Gasteiger partial charge is 0.185 e. The van der Waals surface area contributed by atoms with Gasteiger partial charge in [0.25, 0.3) is 0 Å². The van der Waals surface area contributed by atoms with E-state index in [4.69, 9.17) is 4.74 Å². The summed E-state index contributed by atoms with van der Waals surface area (Å²) in [6, 6.07) is 7.54. The van der Waals surface area contributed by atoms with E-state index in [2.05, 4.69) is 31.3 Å². The Bertz CT molecular complexity index is 604. The summed E-state index contributed by atoms with van der Waals surface area (Å²) in [5, 5.41) is 4.43. The number of hydrazone groups is 1. The lowest BCUT2D eigenvalue weighted by Gasteiger charge is -2.31. The maximum atomic E-state index is 12.6. The summed E-state index contributed by atoms with van der Waals surface area (Å²) in [5.41, 5.74) is 4.35. The highest BCUT2D eigenvalue weighted by Gasteiger charge is 2.65. The average molecular weight is 286 g/mol. The number of carbonyl (C=O) groups is 1. The molecule has 1 aromatic rings. The molecule has 2 fully saturated rings. The topological polar surface area (TPSA) is 50.7 Å². The molecule has 2 saturated carbocycles. The van der Waals surface area contributed by atoms with Gasteiger partial charge in [-0.3, -0.25) is 10.2 Å². The number of ketones is 1. The number of carbonyl (C=O) groups excluding carboxylic acids is 1. The third-order valence-electron chi connectivity index (χ3n) is 5.69. The van der Waals surface area contributed by atoms with Gasteiger partial charge in [-0.2, -0.15) is 5.10 Å². The predicted octanol–water partition coefficient (Wildman–Crippen LogP) is 3.49. The van der Waals surface area contributed by atoms with E-state index in [-0.39, 0.29) is 22.5 Å². The molecule has 0 amide bonds. The first kappa shape index (κ1) is 14.1. The first-order valence-corrected chi connectivity index (χ1v) is 7.42. The number of hydrogen-bond acceptors (Lipinski definition) is 4. The van der Waals surface area contributed by atoms with Crippen LogP contribution in [0, 0.1) is 16.7 Å². The molecule has 2 bridgehead atoms. The van der Waals surface area contributed by atoms with E-state index < -0.39 is 0 Å². The molecule has 1 aromatic carbocycles. The van der Waals surface area contributed by atoms with E-state index >= 15 is 0 Å². The van der Waals surface area contributed by atoms with E-state index in [1.807, 2.05) is 24.3 Å². The van der Waals surface area contributed by atoms with Gasteiger partial charge in [0.2, 0.25) is 0 Å². The Hall–Kier alpha value is -1.84. The second-order valence-corrected chi connectivity index (χ2v) is 6.81. The third kappa shape index (κ3) is 1.88. The van der Waals surface area contributed by atoms with Crippen molar-refractivity contribution < 1.29 is 9.53 Å². The minimum absolute atomic E-state index is 0.00447. The van der Waals surface area contributed by atoms with Crippen LogP contribution in [0.2, 0.25) is 0 Å². The molecule has 2 atom stereocenters. The second kappa shape index (κ2) is 4.58. The molecule has 0 aliphatic heterocycles. The predicted molar refractivity (Wildman–Crippen MR) is 83.7 cm³/mol. The van der Waals surface area contributed by atoms with Crippen LogP contribution in [-0.4, -0.2) is 18.6 Å². The van der Waals surface area contributed by atoms with Crippen LogP contribution in [0.1, 0.15) is 33.6 Å². The van der Waals surface area contributed by atoms with Crippen molar-refractivity contribution in [3.63, 3.8) is 0 Å². The van der Waals surface area contributed by atoms with E-state index in [0.29, 0.717) is 5.71 Å². The van der Waals surface area contributed by atoms with E-state index in [9.17, 15) is 4.79 Å². The Labute approximate surface area is 125 Å². The quantitative estimate of drug-likeness (QED) is 0.865. The van der Waals surface area contributed by atoms with Gasteiger partial charge in [0.15, 0.2) is 5.78 Å². The van der Waals surface area contributed by atoms with E-state index in [0.717, 1.165) is 24.3 Å². The first-order chi connectivity index (χ1) is 9.90. The summed E-state index contributed by atoms with van der Waals surface area (Å²) in [7, 11) is 1.64. The van der Waals surface area contributed by atoms with Crippen molar-refractivity contribution in [3.05, 3.63) is 24.3 Å². The number of anilines is 1. The number of fused-ring (bicyclic) bond motifs is 2. The lowest BCUT2D eigenvalue weighted by atomic mass is 9.70. The molecule has 2 aliphatic carbocycles. The maximum absolute atomic E-state index is 12.6. The number of nitrogens with one attached hydrogen (secondary N) is 1. The zero-order chi connectivity index (χ0) is 15.3. The van der Waals surface area contributed by atoms with E-state index in [1.165, 1.54) is 0 Å². The molecule has 0 radical (unpaired) electrons. The summed E-state index contributed by atoms with van der Waals surface area (Å²) in [4.78, 5) is 12.6. The summed E-state index contributed by atoms with van der Waals surface area (Å²) >= 11 is 0. The summed E-state index contributed by atoms with van der Waals surface area (Å²) < 4.78 is 5.13. The molecular weight excluding hydrogens is 264 g/mol. The fourth-order valence-electron chi connectivity index (χ4n) is 3.75. The lowest BCUT2D eigenvalue weighted by Crippen LogP contribution is -2.33. The van der Waals surface area contributed by atoms with Gasteiger partial charge >= 0.3 is 0 Å². The molecule has 0 spiro atoms. The molecular formula is C17H22N2O2. The van der Waals surface area contributed by atoms with Crippen molar-refractivity contribution in [1.29, 1.82) is 0 Å². The van der Waals surface area contributed by atoms with Crippen LogP contribution in [0.5, 0.6) is 5.75 Å². The highest BCUT2D eigenvalue weighted by Crippen LogP contribution is 2.62. The largest absolute Gasteiger partial charge is 0.497 e. The van der Waals surface area contributed by atoms with Crippen LogP contribution in [0.15, 0.2) is 29.4 Å². The Morgan fingerprint density at radius 3 is 2.43 bits per heavy atom. The number of nitrogens with zero attached hydrogens (tertiary/aromatic N) is 1. The van der Waals surface area contributed by atoms with Gasteiger partial charge in [0.05, 0.1) is 12.8 Å². The minimum atomic E-state index is -0.252. The third-order valence-corrected chi connectivity index (χ3v) is 5.69. The maximum Gasteiger partial charge on any atom is 0.185 e. The van der Waals surface area contributed by atoms with Gasteiger partial charge in [-0.25, -0.2) is 0 Å². The molecule has 2 aliphatic rings. The summed E-state index contributed by atoms with van der Waals surface area (Å²) in [6.07, 6.45) is 2.03. The summed E-state index contributed by atoms with van der Waals surface area (Å²) in [5.74, 6) is 1.28. The monoisotopic (exact) mass is 286 g/mol. The van der Waals surface area contributed by atoms with E-state index in [1.54, 1.807) is 7.11 Å². The first-order valence-electron chi connectivity index (χ1n) is 7.42. The molecule has 21 heavy (non-hydrogen) atoms. The number of benzene rings is 1. The lowest BCUT2D eigenvalue weighted by molar-refractivity contribution is -0.123. The van der Waals surface area contributed by atoms with Crippen molar-refractivity contribution in [1.82, 2.24) is 0 Å². The van der Waals surface area contributed by atoms with Gasteiger partial charge in [-0.1, -0.05) is 20.8 Å². The van der Waals surface area contributed by atoms with Crippen molar-refractivity contribution in [2.75, 3.05) is 12.5 Å². The second-order valence-electron chi connectivity index (χ2n) is 6.81.